The zero-order valence-corrected chi connectivity index (χ0v) is 10.4. The quantitative estimate of drug-likeness (QED) is 0.664. The van der Waals surface area contributed by atoms with Crippen molar-refractivity contribution >= 4 is 27.4 Å². The number of amides is 1. The molecule has 0 fully saturated rings. The molecule has 0 atom stereocenters. The van der Waals surface area contributed by atoms with Crippen molar-refractivity contribution in [2.45, 2.75) is 0 Å². The first-order valence-corrected chi connectivity index (χ1v) is 5.80. The number of rotatable bonds is 1. The van der Waals surface area contributed by atoms with Crippen LogP contribution in [0.1, 0.15) is 5.69 Å². The molecule has 2 heterocycles. The molecule has 0 spiro atoms. The summed E-state index contributed by atoms with van der Waals surface area (Å²) in [6.07, 6.45) is 0. The molecule has 1 aliphatic rings. The number of aromatic hydroxyl groups is 1. The standard InChI is InChI=1S/C11H6BrN3O3/c12-4-1-2-6-5(3-4)7(9(16)13-6)8-10(17)15-11(18)14-8/h1-3,17H,(H2,14,15,18). The molecule has 0 saturated heterocycles. The number of benzene rings is 1. The summed E-state index contributed by atoms with van der Waals surface area (Å²) in [6.45, 7) is 0. The smallest absolute Gasteiger partial charge is 0.326 e. The molecule has 1 aliphatic heterocycles. The maximum atomic E-state index is 11.8. The minimum atomic E-state index is -0.578. The molecule has 0 unspecified atom stereocenters. The van der Waals surface area contributed by atoms with Gasteiger partial charge in [0, 0.05) is 9.69 Å². The van der Waals surface area contributed by atoms with E-state index in [2.05, 4.69) is 30.9 Å². The summed E-state index contributed by atoms with van der Waals surface area (Å²) in [4.78, 5) is 31.4. The van der Waals surface area contributed by atoms with Crippen LogP contribution in [-0.2, 0) is 4.79 Å². The highest BCUT2D eigenvalue weighted by molar-refractivity contribution is 9.10. The Morgan fingerprint density at radius 1 is 1.22 bits per heavy atom. The lowest BCUT2D eigenvalue weighted by atomic mass is 10.1. The number of nitrogens with zero attached hydrogens (tertiary/aromatic N) is 1. The van der Waals surface area contributed by atoms with Crippen LogP contribution in [0.3, 0.4) is 0 Å². The molecule has 7 heteroatoms. The lowest BCUT2D eigenvalue weighted by Crippen LogP contribution is -2.23. The Morgan fingerprint density at radius 3 is 2.67 bits per heavy atom. The third-order valence-corrected chi connectivity index (χ3v) is 3.11. The summed E-state index contributed by atoms with van der Waals surface area (Å²) >= 11 is 3.30. The van der Waals surface area contributed by atoms with E-state index in [4.69, 9.17) is 0 Å². The summed E-state index contributed by atoms with van der Waals surface area (Å²) in [5, 5.41) is 10.7. The number of hydrogen-bond donors (Lipinski definition) is 3. The molecule has 2 aromatic rings. The van der Waals surface area contributed by atoms with Crippen LogP contribution in [0.5, 0.6) is 5.88 Å². The molecule has 3 N–H and O–H groups in total. The Morgan fingerprint density at radius 2 is 2.00 bits per heavy atom. The molecular formula is C11H6BrN3O3. The van der Waals surface area contributed by atoms with Gasteiger partial charge in [-0.25, -0.2) is 9.79 Å². The average molecular weight is 308 g/mol. The number of halogens is 1. The summed E-state index contributed by atoms with van der Waals surface area (Å²) in [6, 6.07) is 5.16. The van der Waals surface area contributed by atoms with Gasteiger partial charge in [-0.05, 0) is 18.2 Å². The Labute approximate surface area is 108 Å². The second-order valence-electron chi connectivity index (χ2n) is 3.76. The molecule has 6 nitrogen and oxygen atoms in total. The van der Waals surface area contributed by atoms with Crippen LogP contribution in [-0.4, -0.2) is 21.0 Å². The molecular weight excluding hydrogens is 302 g/mol. The minimum absolute atomic E-state index is 0.0607. The maximum Gasteiger partial charge on any atom is 0.326 e. The summed E-state index contributed by atoms with van der Waals surface area (Å²) in [5.74, 6) is -0.861. The summed E-state index contributed by atoms with van der Waals surface area (Å²) < 4.78 is 0.779. The van der Waals surface area contributed by atoms with E-state index in [1.807, 2.05) is 0 Å². The van der Waals surface area contributed by atoms with E-state index in [0.29, 0.717) is 10.6 Å². The predicted octanol–water partition coefficient (Wildman–Crippen LogP) is -0.470. The molecule has 1 aromatic heterocycles. The molecule has 0 aliphatic carbocycles. The zero-order valence-electron chi connectivity index (χ0n) is 8.82. The Kier molecular flexibility index (Phi) is 2.24. The fourth-order valence-corrected chi connectivity index (χ4v) is 2.24. The Hall–Kier alpha value is -2.15. The highest BCUT2D eigenvalue weighted by Gasteiger charge is 2.23. The van der Waals surface area contributed by atoms with Gasteiger partial charge >= 0.3 is 5.69 Å². The SMILES string of the molecule is O=C1N=c2ccc(Br)cc2=C1c1[nH]c(=O)[nH]c1O. The Bertz CT molecular complexity index is 847. The molecule has 90 valence electrons. The molecule has 1 amide bonds. The normalized spacial score (nSPS) is 13.6. The second-order valence-corrected chi connectivity index (χ2v) is 4.67. The number of hydrogen-bond acceptors (Lipinski definition) is 3. The van der Waals surface area contributed by atoms with E-state index in [1.54, 1.807) is 18.2 Å². The molecule has 0 bridgehead atoms. The van der Waals surface area contributed by atoms with Crippen LogP contribution in [0.25, 0.3) is 5.57 Å². The number of imidazole rings is 1. The van der Waals surface area contributed by atoms with Gasteiger partial charge in [-0.3, -0.25) is 9.78 Å². The van der Waals surface area contributed by atoms with Crippen molar-refractivity contribution < 1.29 is 9.90 Å². The van der Waals surface area contributed by atoms with E-state index in [0.717, 1.165) is 4.47 Å². The van der Waals surface area contributed by atoms with Crippen LogP contribution in [0, 0.1) is 0 Å². The number of H-pyrrole nitrogens is 2. The maximum absolute atomic E-state index is 11.8. The molecule has 18 heavy (non-hydrogen) atoms. The lowest BCUT2D eigenvalue weighted by Gasteiger charge is -1.96. The summed E-state index contributed by atoms with van der Waals surface area (Å²) in [7, 11) is 0. The number of aromatic nitrogens is 2. The average Bonchev–Trinajstić information content (AvgIpc) is 2.77. The number of aromatic amines is 2. The van der Waals surface area contributed by atoms with Crippen molar-refractivity contribution in [3.63, 3.8) is 0 Å². The van der Waals surface area contributed by atoms with Crippen LogP contribution in [0.15, 0.2) is 32.5 Å². The second kappa shape index (κ2) is 3.67. The molecule has 1 aromatic carbocycles. The van der Waals surface area contributed by atoms with E-state index in [9.17, 15) is 14.7 Å². The van der Waals surface area contributed by atoms with Crippen molar-refractivity contribution in [1.82, 2.24) is 9.97 Å². The highest BCUT2D eigenvalue weighted by Crippen LogP contribution is 2.19. The van der Waals surface area contributed by atoms with Crippen LogP contribution < -0.4 is 16.3 Å². The first-order chi connectivity index (χ1) is 8.56. The van der Waals surface area contributed by atoms with Crippen molar-refractivity contribution in [3.05, 3.63) is 49.4 Å². The van der Waals surface area contributed by atoms with Gasteiger partial charge in [-0.15, -0.1) is 0 Å². The van der Waals surface area contributed by atoms with Crippen LogP contribution >= 0.6 is 15.9 Å². The Balaban J connectivity index is 2.45. The van der Waals surface area contributed by atoms with Gasteiger partial charge in [0.05, 0.1) is 10.9 Å². The van der Waals surface area contributed by atoms with Gasteiger partial charge in [-0.2, -0.15) is 0 Å². The highest BCUT2D eigenvalue weighted by atomic mass is 79.9. The van der Waals surface area contributed by atoms with E-state index in [-0.39, 0.29) is 17.1 Å². The van der Waals surface area contributed by atoms with Gasteiger partial charge in [0.1, 0.15) is 5.69 Å². The molecule has 0 saturated carbocycles. The first kappa shape index (κ1) is 11.0. The van der Waals surface area contributed by atoms with Gasteiger partial charge in [0.25, 0.3) is 5.91 Å². The van der Waals surface area contributed by atoms with Gasteiger partial charge < -0.3 is 10.1 Å². The van der Waals surface area contributed by atoms with Crippen molar-refractivity contribution in [3.8, 4) is 5.88 Å². The largest absolute Gasteiger partial charge is 0.493 e. The molecule has 0 radical (unpaired) electrons. The monoisotopic (exact) mass is 307 g/mol. The number of fused-ring (bicyclic) bond motifs is 1. The predicted molar refractivity (Wildman–Crippen MR) is 65.5 cm³/mol. The molecule has 3 rings (SSSR count). The summed E-state index contributed by atoms with van der Waals surface area (Å²) in [5.41, 5.74) is -0.334. The fraction of sp³-hybridized carbons (Fsp3) is 0. The van der Waals surface area contributed by atoms with E-state index >= 15 is 0 Å². The van der Waals surface area contributed by atoms with E-state index < -0.39 is 11.6 Å². The topological polar surface area (TPSA) is 98.3 Å². The van der Waals surface area contributed by atoms with Crippen molar-refractivity contribution in [2.75, 3.05) is 0 Å². The lowest BCUT2D eigenvalue weighted by molar-refractivity contribution is -0.112. The third kappa shape index (κ3) is 1.52. The van der Waals surface area contributed by atoms with Crippen molar-refractivity contribution in [2.24, 2.45) is 4.99 Å². The number of nitrogens with one attached hydrogen (secondary N) is 2. The van der Waals surface area contributed by atoms with Crippen molar-refractivity contribution in [1.29, 1.82) is 0 Å². The number of carbonyl (C=O) groups is 1. The van der Waals surface area contributed by atoms with Crippen LogP contribution in [0.4, 0.5) is 0 Å². The number of carbonyl (C=O) groups excluding carboxylic acids is 1. The minimum Gasteiger partial charge on any atom is -0.493 e. The van der Waals surface area contributed by atoms with Gasteiger partial charge in [0.15, 0.2) is 0 Å². The third-order valence-electron chi connectivity index (χ3n) is 2.62. The first-order valence-electron chi connectivity index (χ1n) is 5.01. The fourth-order valence-electron chi connectivity index (χ4n) is 1.88. The van der Waals surface area contributed by atoms with E-state index in [1.165, 1.54) is 0 Å². The van der Waals surface area contributed by atoms with Gasteiger partial charge in [-0.1, -0.05) is 15.9 Å². The zero-order chi connectivity index (χ0) is 12.9. The van der Waals surface area contributed by atoms with Gasteiger partial charge in [0.2, 0.25) is 5.88 Å². The van der Waals surface area contributed by atoms with Crippen LogP contribution in [0.2, 0.25) is 0 Å².